The number of carbonyl (C=O) groups is 2. The van der Waals surface area contributed by atoms with Gasteiger partial charge in [0.25, 0.3) is 0 Å². The zero-order chi connectivity index (χ0) is 16.2. The van der Waals surface area contributed by atoms with Crippen molar-refractivity contribution >= 4 is 11.8 Å². The lowest BCUT2D eigenvalue weighted by Crippen LogP contribution is -2.36. The van der Waals surface area contributed by atoms with E-state index in [4.69, 9.17) is 18.9 Å². The lowest BCUT2D eigenvalue weighted by molar-refractivity contribution is -0.155. The van der Waals surface area contributed by atoms with Crippen LogP contribution in [0.4, 0.5) is 0 Å². The van der Waals surface area contributed by atoms with E-state index in [9.17, 15) is 9.59 Å². The molecule has 5 unspecified atom stereocenters. The average Bonchev–Trinajstić information content (AvgIpc) is 3.07. The van der Waals surface area contributed by atoms with E-state index in [1.807, 2.05) is 0 Å². The molecule has 3 fully saturated rings. The largest absolute Gasteiger partial charge is 0.457 e. The van der Waals surface area contributed by atoms with Crippen LogP contribution >= 0.6 is 0 Å². The van der Waals surface area contributed by atoms with Gasteiger partial charge in [-0.05, 0) is 38.5 Å². The highest BCUT2D eigenvalue weighted by atomic mass is 16.7. The fourth-order valence-corrected chi connectivity index (χ4v) is 3.93. The Labute approximate surface area is 136 Å². The molecule has 23 heavy (non-hydrogen) atoms. The minimum atomic E-state index is -0.272. The maximum absolute atomic E-state index is 12.3. The van der Waals surface area contributed by atoms with Crippen molar-refractivity contribution in [2.45, 2.75) is 63.3 Å². The Morgan fingerprint density at radius 2 is 1.83 bits per heavy atom. The second-order valence-electron chi connectivity index (χ2n) is 6.83. The van der Waals surface area contributed by atoms with Gasteiger partial charge in [0.15, 0.2) is 5.78 Å². The van der Waals surface area contributed by atoms with Crippen molar-refractivity contribution in [3.63, 3.8) is 0 Å². The monoisotopic (exact) mass is 326 g/mol. The highest BCUT2D eigenvalue weighted by Crippen LogP contribution is 2.33. The van der Waals surface area contributed by atoms with Crippen LogP contribution in [0.5, 0.6) is 0 Å². The molecular formula is C17H26O6. The van der Waals surface area contributed by atoms with Crippen LogP contribution < -0.4 is 0 Å². The highest BCUT2D eigenvalue weighted by molar-refractivity contribution is 5.85. The predicted molar refractivity (Wildman–Crippen MR) is 80.7 cm³/mol. The summed E-state index contributed by atoms with van der Waals surface area (Å²) in [5.41, 5.74) is 0. The van der Waals surface area contributed by atoms with Gasteiger partial charge in [0.05, 0.1) is 24.2 Å². The number of hydrogen-bond donors (Lipinski definition) is 0. The van der Waals surface area contributed by atoms with E-state index in [0.717, 1.165) is 38.5 Å². The molecule has 1 saturated heterocycles. The van der Waals surface area contributed by atoms with E-state index in [1.165, 1.54) is 0 Å². The van der Waals surface area contributed by atoms with Gasteiger partial charge in [-0.25, -0.2) is 0 Å². The number of ether oxygens (including phenoxy) is 4. The molecule has 3 rings (SSSR count). The van der Waals surface area contributed by atoms with E-state index in [2.05, 4.69) is 0 Å². The van der Waals surface area contributed by atoms with E-state index >= 15 is 0 Å². The zero-order valence-electron chi connectivity index (χ0n) is 13.7. The molecule has 0 aromatic heterocycles. The van der Waals surface area contributed by atoms with Gasteiger partial charge in [-0.2, -0.15) is 0 Å². The van der Waals surface area contributed by atoms with Crippen molar-refractivity contribution in [3.8, 4) is 0 Å². The Balaban J connectivity index is 1.42. The molecule has 6 heteroatoms. The first-order valence-corrected chi connectivity index (χ1v) is 8.62. The topological polar surface area (TPSA) is 71.1 Å². The van der Waals surface area contributed by atoms with Crippen molar-refractivity contribution in [2.24, 2.45) is 11.8 Å². The molecule has 1 heterocycles. The summed E-state index contributed by atoms with van der Waals surface area (Å²) >= 11 is 0. The fourth-order valence-electron chi connectivity index (χ4n) is 3.93. The fraction of sp³-hybridized carbons (Fsp3) is 0.882. The van der Waals surface area contributed by atoms with E-state index < -0.39 is 0 Å². The smallest absolute Gasteiger partial charge is 0.309 e. The van der Waals surface area contributed by atoms with Crippen LogP contribution in [0.3, 0.4) is 0 Å². The first-order chi connectivity index (χ1) is 11.2. The van der Waals surface area contributed by atoms with Crippen LogP contribution in [-0.4, -0.2) is 50.6 Å². The normalized spacial score (nSPS) is 37.2. The van der Waals surface area contributed by atoms with Crippen molar-refractivity contribution in [2.75, 3.05) is 20.5 Å². The molecule has 0 aromatic rings. The predicted octanol–water partition coefficient (Wildman–Crippen LogP) is 1.85. The van der Waals surface area contributed by atoms with Crippen LogP contribution in [0.15, 0.2) is 0 Å². The SMILES string of the molecule is COC1CCCC(C(=O)COC(=O)C2CCC3OCOC3C2)C1. The molecule has 130 valence electrons. The third-order valence-electron chi connectivity index (χ3n) is 5.40. The summed E-state index contributed by atoms with van der Waals surface area (Å²) in [4.78, 5) is 24.5. The van der Waals surface area contributed by atoms with Crippen LogP contribution in [0.25, 0.3) is 0 Å². The van der Waals surface area contributed by atoms with Crippen LogP contribution in [0.2, 0.25) is 0 Å². The first-order valence-electron chi connectivity index (χ1n) is 8.62. The van der Waals surface area contributed by atoms with Gasteiger partial charge < -0.3 is 18.9 Å². The van der Waals surface area contributed by atoms with E-state index in [1.54, 1.807) is 7.11 Å². The van der Waals surface area contributed by atoms with Gasteiger partial charge in [-0.15, -0.1) is 0 Å². The maximum atomic E-state index is 12.3. The lowest BCUT2D eigenvalue weighted by Gasteiger charge is -2.29. The molecular weight excluding hydrogens is 300 g/mol. The van der Waals surface area contributed by atoms with Crippen LogP contribution in [0.1, 0.15) is 44.9 Å². The summed E-state index contributed by atoms with van der Waals surface area (Å²) < 4.78 is 21.5. The van der Waals surface area contributed by atoms with Crippen LogP contribution in [0, 0.1) is 11.8 Å². The number of methoxy groups -OCH3 is 1. The van der Waals surface area contributed by atoms with Crippen molar-refractivity contribution in [1.82, 2.24) is 0 Å². The molecule has 3 aliphatic rings. The molecule has 0 amide bonds. The average molecular weight is 326 g/mol. The van der Waals surface area contributed by atoms with E-state index in [0.29, 0.717) is 13.2 Å². The third kappa shape index (κ3) is 4.11. The number of ketones is 1. The third-order valence-corrected chi connectivity index (χ3v) is 5.40. The summed E-state index contributed by atoms with van der Waals surface area (Å²) in [6, 6.07) is 0. The quantitative estimate of drug-likeness (QED) is 0.718. The number of fused-ring (bicyclic) bond motifs is 1. The van der Waals surface area contributed by atoms with Gasteiger partial charge in [-0.1, -0.05) is 6.42 Å². The number of rotatable bonds is 5. The summed E-state index contributed by atoms with van der Waals surface area (Å²) in [5.74, 6) is -0.465. The van der Waals surface area contributed by atoms with Gasteiger partial charge in [0, 0.05) is 13.0 Å². The second kappa shape index (κ2) is 7.73. The number of Topliss-reactive ketones (excluding diaryl/α,β-unsaturated/α-hetero) is 1. The molecule has 2 aliphatic carbocycles. The standard InChI is InChI=1S/C17H26O6/c1-20-13-4-2-3-11(7-13)14(18)9-21-17(19)12-5-6-15-16(8-12)23-10-22-15/h11-13,15-16H,2-10H2,1H3. The van der Waals surface area contributed by atoms with Crippen molar-refractivity contribution < 1.29 is 28.5 Å². The molecule has 1 aliphatic heterocycles. The minimum Gasteiger partial charge on any atom is -0.457 e. The highest BCUT2D eigenvalue weighted by Gasteiger charge is 2.39. The van der Waals surface area contributed by atoms with Gasteiger partial charge in [-0.3, -0.25) is 9.59 Å². The molecule has 5 atom stereocenters. The summed E-state index contributed by atoms with van der Waals surface area (Å²) in [7, 11) is 1.68. The summed E-state index contributed by atoms with van der Waals surface area (Å²) in [5, 5.41) is 0. The van der Waals surface area contributed by atoms with Crippen molar-refractivity contribution in [1.29, 1.82) is 0 Å². The zero-order valence-corrected chi connectivity index (χ0v) is 13.7. The van der Waals surface area contributed by atoms with Crippen LogP contribution in [-0.2, 0) is 28.5 Å². The first kappa shape index (κ1) is 16.9. The molecule has 2 saturated carbocycles. The molecule has 6 nitrogen and oxygen atoms in total. The number of hydrogen-bond acceptors (Lipinski definition) is 6. The molecule has 0 aromatic carbocycles. The summed E-state index contributed by atoms with van der Waals surface area (Å²) in [6.07, 6.45) is 6.07. The number of carbonyl (C=O) groups excluding carboxylic acids is 2. The van der Waals surface area contributed by atoms with Gasteiger partial charge >= 0.3 is 5.97 Å². The Morgan fingerprint density at radius 3 is 2.65 bits per heavy atom. The number of esters is 1. The van der Waals surface area contributed by atoms with Gasteiger partial charge in [0.1, 0.15) is 13.4 Å². The maximum Gasteiger partial charge on any atom is 0.309 e. The molecule has 0 N–H and O–H groups in total. The Hall–Kier alpha value is -0.980. The Kier molecular flexibility index (Phi) is 5.67. The molecule has 0 bridgehead atoms. The van der Waals surface area contributed by atoms with Gasteiger partial charge in [0.2, 0.25) is 0 Å². The van der Waals surface area contributed by atoms with Crippen molar-refractivity contribution in [3.05, 3.63) is 0 Å². The Bertz CT molecular complexity index is 437. The summed E-state index contributed by atoms with van der Waals surface area (Å²) in [6.45, 7) is 0.208. The molecule has 0 spiro atoms. The lowest BCUT2D eigenvalue weighted by atomic mass is 9.84. The second-order valence-corrected chi connectivity index (χ2v) is 6.83. The Morgan fingerprint density at radius 1 is 1.00 bits per heavy atom. The van der Waals surface area contributed by atoms with E-state index in [-0.39, 0.29) is 48.5 Å². The minimum absolute atomic E-state index is 0.00203. The molecule has 0 radical (unpaired) electrons.